The normalized spacial score (nSPS) is 24.0. The van der Waals surface area contributed by atoms with Crippen molar-refractivity contribution in [2.75, 3.05) is 11.9 Å². The number of carboxylic acid groups (broad SMARTS) is 1. The lowest BCUT2D eigenvalue weighted by atomic mass is 9.78. The SMILES string of the molecule is CCOC(=O)c1c(-c2ccc(C(C)(C)C)cc2)csc1NC(=O)[C@H]1[C@H]2CC[C@@H](C2)[C@@H]1C(=O)O. The standard InChI is InChI=1S/C26H31NO5S/c1-5-32-25(31)21-18(14-8-10-17(11-9-14)26(2,3)4)13-33-23(21)27-22(28)19-15-6-7-16(12-15)20(19)24(29)30/h8-11,13,15-16,19-20H,5-7,12H2,1-4H3,(H,27,28)(H,29,30)/t15-,16-,19-,20-/m0/s1. The molecule has 4 rings (SSSR count). The number of hydrogen-bond donors (Lipinski definition) is 2. The molecule has 2 aromatic rings. The number of hydrogen-bond acceptors (Lipinski definition) is 5. The number of amides is 1. The van der Waals surface area contributed by atoms with Crippen LogP contribution < -0.4 is 5.32 Å². The topological polar surface area (TPSA) is 92.7 Å². The fraction of sp³-hybridized carbons (Fsp3) is 0.500. The van der Waals surface area contributed by atoms with Gasteiger partial charge in [-0.05, 0) is 54.6 Å². The van der Waals surface area contributed by atoms with Crippen LogP contribution in [0.2, 0.25) is 0 Å². The molecule has 0 aliphatic heterocycles. The zero-order valence-electron chi connectivity index (χ0n) is 19.5. The minimum absolute atomic E-state index is 0.0115. The fourth-order valence-corrected chi connectivity index (χ4v) is 6.40. The van der Waals surface area contributed by atoms with E-state index >= 15 is 0 Å². The molecule has 0 saturated heterocycles. The summed E-state index contributed by atoms with van der Waals surface area (Å²) in [6.45, 7) is 8.39. The zero-order chi connectivity index (χ0) is 23.9. The molecule has 2 aliphatic rings. The van der Waals surface area contributed by atoms with Gasteiger partial charge in [0.05, 0.1) is 18.4 Å². The van der Waals surface area contributed by atoms with Crippen LogP contribution in [0, 0.1) is 23.7 Å². The molecule has 0 unspecified atom stereocenters. The van der Waals surface area contributed by atoms with E-state index in [2.05, 4.69) is 26.1 Å². The van der Waals surface area contributed by atoms with Gasteiger partial charge in [0, 0.05) is 10.9 Å². The average Bonchev–Trinajstić information content (AvgIpc) is 3.47. The summed E-state index contributed by atoms with van der Waals surface area (Å²) in [5.74, 6) is -2.77. The molecule has 0 radical (unpaired) electrons. The van der Waals surface area contributed by atoms with E-state index in [4.69, 9.17) is 4.74 Å². The largest absolute Gasteiger partial charge is 0.481 e. The Bertz CT molecular complexity index is 1070. The summed E-state index contributed by atoms with van der Waals surface area (Å²) >= 11 is 1.27. The maximum Gasteiger partial charge on any atom is 0.341 e. The molecule has 7 heteroatoms. The van der Waals surface area contributed by atoms with Crippen molar-refractivity contribution in [2.24, 2.45) is 23.7 Å². The highest BCUT2D eigenvalue weighted by Gasteiger charge is 2.54. The number of nitrogens with one attached hydrogen (secondary N) is 1. The van der Waals surface area contributed by atoms with Crippen molar-refractivity contribution in [1.82, 2.24) is 0 Å². The number of thiophene rings is 1. The van der Waals surface area contributed by atoms with Crippen molar-refractivity contribution in [3.8, 4) is 11.1 Å². The van der Waals surface area contributed by atoms with Crippen LogP contribution in [0.3, 0.4) is 0 Å². The van der Waals surface area contributed by atoms with Crippen LogP contribution in [0.5, 0.6) is 0 Å². The van der Waals surface area contributed by atoms with Crippen LogP contribution in [0.15, 0.2) is 29.6 Å². The highest BCUT2D eigenvalue weighted by molar-refractivity contribution is 7.15. The van der Waals surface area contributed by atoms with E-state index in [9.17, 15) is 19.5 Å². The first-order chi connectivity index (χ1) is 15.6. The Labute approximate surface area is 198 Å². The summed E-state index contributed by atoms with van der Waals surface area (Å²) in [5.41, 5.74) is 3.10. The van der Waals surface area contributed by atoms with Gasteiger partial charge >= 0.3 is 11.9 Å². The monoisotopic (exact) mass is 469 g/mol. The van der Waals surface area contributed by atoms with E-state index in [1.54, 1.807) is 6.92 Å². The van der Waals surface area contributed by atoms with E-state index in [1.807, 2.05) is 29.6 Å². The molecule has 2 bridgehead atoms. The van der Waals surface area contributed by atoms with E-state index in [0.29, 0.717) is 16.1 Å². The molecule has 6 nitrogen and oxygen atoms in total. The Morgan fingerprint density at radius 3 is 2.30 bits per heavy atom. The van der Waals surface area contributed by atoms with Crippen molar-refractivity contribution >= 4 is 34.2 Å². The molecule has 1 heterocycles. The van der Waals surface area contributed by atoms with Gasteiger partial charge in [0.15, 0.2) is 0 Å². The summed E-state index contributed by atoms with van der Waals surface area (Å²) in [6.07, 6.45) is 2.54. The lowest BCUT2D eigenvalue weighted by Gasteiger charge is -2.27. The summed E-state index contributed by atoms with van der Waals surface area (Å²) in [7, 11) is 0. The van der Waals surface area contributed by atoms with Crippen LogP contribution in [-0.2, 0) is 19.7 Å². The van der Waals surface area contributed by atoms with Crippen molar-refractivity contribution < 1.29 is 24.2 Å². The maximum absolute atomic E-state index is 13.2. The number of ether oxygens (including phenoxy) is 1. The lowest BCUT2D eigenvalue weighted by Crippen LogP contribution is -2.37. The van der Waals surface area contributed by atoms with Gasteiger partial charge in [-0.3, -0.25) is 9.59 Å². The van der Waals surface area contributed by atoms with Crippen LogP contribution in [-0.4, -0.2) is 29.6 Å². The van der Waals surface area contributed by atoms with Crippen LogP contribution in [0.25, 0.3) is 11.1 Å². The molecule has 4 atom stereocenters. The van der Waals surface area contributed by atoms with Crippen molar-refractivity contribution in [2.45, 2.75) is 52.4 Å². The first-order valence-electron chi connectivity index (χ1n) is 11.5. The first-order valence-corrected chi connectivity index (χ1v) is 12.4. The highest BCUT2D eigenvalue weighted by atomic mass is 32.1. The second-order valence-corrected chi connectivity index (χ2v) is 11.0. The molecule has 2 fully saturated rings. The second-order valence-electron chi connectivity index (χ2n) is 10.1. The predicted molar refractivity (Wildman–Crippen MR) is 128 cm³/mol. The molecule has 176 valence electrons. The number of fused-ring (bicyclic) bond motifs is 2. The lowest BCUT2D eigenvalue weighted by molar-refractivity contribution is -0.148. The summed E-state index contributed by atoms with van der Waals surface area (Å²) in [4.78, 5) is 38.0. The quantitative estimate of drug-likeness (QED) is 0.539. The number of carboxylic acids is 1. The minimum Gasteiger partial charge on any atom is -0.481 e. The van der Waals surface area contributed by atoms with E-state index < -0.39 is 23.8 Å². The minimum atomic E-state index is -0.904. The van der Waals surface area contributed by atoms with Crippen LogP contribution in [0.1, 0.15) is 62.9 Å². The van der Waals surface area contributed by atoms with Crippen LogP contribution >= 0.6 is 11.3 Å². The summed E-state index contributed by atoms with van der Waals surface area (Å²) in [5, 5.41) is 14.9. The number of carbonyl (C=O) groups excluding carboxylic acids is 2. The number of benzene rings is 1. The second kappa shape index (κ2) is 8.93. The molecule has 33 heavy (non-hydrogen) atoms. The summed E-state index contributed by atoms with van der Waals surface area (Å²) < 4.78 is 5.31. The number of aliphatic carboxylic acids is 1. The third-order valence-corrected chi connectivity index (χ3v) is 7.97. The Balaban J connectivity index is 1.65. The average molecular weight is 470 g/mol. The molecular weight excluding hydrogens is 438 g/mol. The molecule has 2 aliphatic carbocycles. The van der Waals surface area contributed by atoms with Gasteiger partial charge < -0.3 is 15.2 Å². The van der Waals surface area contributed by atoms with Gasteiger partial charge in [0.2, 0.25) is 5.91 Å². The zero-order valence-corrected chi connectivity index (χ0v) is 20.3. The Hall–Kier alpha value is -2.67. The van der Waals surface area contributed by atoms with Gasteiger partial charge in [0.1, 0.15) is 10.6 Å². The van der Waals surface area contributed by atoms with Gasteiger partial charge in [-0.2, -0.15) is 0 Å². The van der Waals surface area contributed by atoms with Crippen molar-refractivity contribution in [3.05, 3.63) is 40.8 Å². The molecule has 2 N–H and O–H groups in total. The first kappa shape index (κ1) is 23.5. The molecule has 0 spiro atoms. The maximum atomic E-state index is 13.2. The smallest absolute Gasteiger partial charge is 0.341 e. The van der Waals surface area contributed by atoms with Gasteiger partial charge in [-0.1, -0.05) is 45.0 Å². The van der Waals surface area contributed by atoms with E-state index in [0.717, 1.165) is 24.8 Å². The molecule has 1 amide bonds. The molecule has 1 aromatic heterocycles. The van der Waals surface area contributed by atoms with Gasteiger partial charge in [-0.25, -0.2) is 4.79 Å². The number of carbonyl (C=O) groups is 3. The van der Waals surface area contributed by atoms with Gasteiger partial charge in [0.25, 0.3) is 0 Å². The Morgan fingerprint density at radius 2 is 1.73 bits per heavy atom. The Kier molecular flexibility index (Phi) is 6.36. The number of anilines is 1. The molecule has 1 aromatic carbocycles. The van der Waals surface area contributed by atoms with Crippen molar-refractivity contribution in [1.29, 1.82) is 0 Å². The summed E-state index contributed by atoms with van der Waals surface area (Å²) in [6, 6.07) is 8.06. The number of esters is 1. The third-order valence-electron chi connectivity index (χ3n) is 7.07. The van der Waals surface area contributed by atoms with Crippen molar-refractivity contribution in [3.63, 3.8) is 0 Å². The highest BCUT2D eigenvalue weighted by Crippen LogP contribution is 2.53. The Morgan fingerprint density at radius 1 is 1.09 bits per heavy atom. The molecule has 2 saturated carbocycles. The number of rotatable bonds is 6. The predicted octanol–water partition coefficient (Wildman–Crippen LogP) is 5.57. The molecular formula is C26H31NO5S. The van der Waals surface area contributed by atoms with E-state index in [1.165, 1.54) is 16.9 Å². The van der Waals surface area contributed by atoms with Gasteiger partial charge in [-0.15, -0.1) is 11.3 Å². The van der Waals surface area contributed by atoms with Crippen LogP contribution in [0.4, 0.5) is 5.00 Å². The fourth-order valence-electron chi connectivity index (χ4n) is 5.44. The third kappa shape index (κ3) is 4.43. The van der Waals surface area contributed by atoms with E-state index in [-0.39, 0.29) is 29.8 Å².